The maximum atomic E-state index is 11.3. The van der Waals surface area contributed by atoms with E-state index in [1.807, 2.05) is 9.80 Å². The minimum absolute atomic E-state index is 0.142. The molecule has 0 amide bonds. The molecule has 21 heavy (non-hydrogen) atoms. The molecular weight excluding hydrogens is 294 g/mol. The third-order valence-electron chi connectivity index (χ3n) is 3.79. The lowest BCUT2D eigenvalue weighted by atomic mass is 10.1. The van der Waals surface area contributed by atoms with Gasteiger partial charge in [-0.1, -0.05) is 0 Å². The number of halogens is 1. The molecule has 3 heterocycles. The number of Topliss-reactive ketones (excluding diaryl/α,β-unsaturated/α-hetero) is 2. The molecule has 2 aliphatic rings. The van der Waals surface area contributed by atoms with Gasteiger partial charge >= 0.3 is 0 Å². The van der Waals surface area contributed by atoms with E-state index in [4.69, 9.17) is 11.6 Å². The second-order valence-corrected chi connectivity index (χ2v) is 5.59. The molecule has 112 valence electrons. The van der Waals surface area contributed by atoms with Crippen LogP contribution in [0.5, 0.6) is 0 Å². The number of hydrogen-bond donors (Lipinski definition) is 0. The highest BCUT2D eigenvalue weighted by atomic mass is 35.5. The molecule has 0 N–H and O–H groups in total. The first-order valence-corrected chi connectivity index (χ1v) is 7.44. The second-order valence-electron chi connectivity index (χ2n) is 5.26. The Morgan fingerprint density at radius 2 is 1.10 bits per heavy atom. The van der Waals surface area contributed by atoms with Crippen molar-refractivity contribution in [2.75, 3.05) is 36.0 Å². The molecule has 8 heteroatoms. The van der Waals surface area contributed by atoms with Crippen LogP contribution >= 0.6 is 11.6 Å². The van der Waals surface area contributed by atoms with Crippen molar-refractivity contribution < 1.29 is 9.59 Å². The lowest BCUT2D eigenvalue weighted by Crippen LogP contribution is -2.37. The maximum Gasteiger partial charge on any atom is 0.231 e. The number of anilines is 2. The summed E-state index contributed by atoms with van der Waals surface area (Å²) < 4.78 is 0. The topological polar surface area (TPSA) is 79.3 Å². The zero-order chi connectivity index (χ0) is 14.8. The van der Waals surface area contributed by atoms with Gasteiger partial charge in [-0.2, -0.15) is 15.0 Å². The van der Waals surface area contributed by atoms with Crippen molar-refractivity contribution in [2.45, 2.75) is 25.7 Å². The van der Waals surface area contributed by atoms with Crippen LogP contribution in [0.1, 0.15) is 25.7 Å². The Hall–Kier alpha value is -1.76. The Kier molecular flexibility index (Phi) is 4.01. The highest BCUT2D eigenvalue weighted by Gasteiger charge is 2.23. The summed E-state index contributed by atoms with van der Waals surface area (Å²) in [6.07, 6.45) is 2.04. The number of aromatic nitrogens is 3. The van der Waals surface area contributed by atoms with Crippen molar-refractivity contribution in [2.24, 2.45) is 0 Å². The molecule has 1 aromatic heterocycles. The van der Waals surface area contributed by atoms with Gasteiger partial charge in [0.1, 0.15) is 11.6 Å². The number of piperidine rings is 2. The van der Waals surface area contributed by atoms with Crippen LogP contribution < -0.4 is 9.80 Å². The van der Waals surface area contributed by atoms with Gasteiger partial charge in [-0.3, -0.25) is 9.59 Å². The third-order valence-corrected chi connectivity index (χ3v) is 3.96. The monoisotopic (exact) mass is 309 g/mol. The van der Waals surface area contributed by atoms with E-state index < -0.39 is 0 Å². The Morgan fingerprint density at radius 3 is 1.48 bits per heavy atom. The molecule has 2 aliphatic heterocycles. The minimum Gasteiger partial charge on any atom is -0.340 e. The summed E-state index contributed by atoms with van der Waals surface area (Å²) in [6.45, 7) is 2.43. The maximum absolute atomic E-state index is 11.3. The van der Waals surface area contributed by atoms with E-state index in [2.05, 4.69) is 15.0 Å². The van der Waals surface area contributed by atoms with E-state index in [0.29, 0.717) is 63.8 Å². The van der Waals surface area contributed by atoms with Crippen LogP contribution in [-0.2, 0) is 9.59 Å². The quantitative estimate of drug-likeness (QED) is 0.801. The van der Waals surface area contributed by atoms with Crippen molar-refractivity contribution >= 4 is 35.1 Å². The van der Waals surface area contributed by atoms with Gasteiger partial charge in [0, 0.05) is 51.9 Å². The lowest BCUT2D eigenvalue weighted by Gasteiger charge is -2.29. The minimum atomic E-state index is 0.142. The fourth-order valence-electron chi connectivity index (χ4n) is 2.52. The summed E-state index contributed by atoms with van der Waals surface area (Å²) in [7, 11) is 0. The van der Waals surface area contributed by atoms with Crippen LogP contribution in [0.15, 0.2) is 0 Å². The Morgan fingerprint density at radius 1 is 0.714 bits per heavy atom. The molecule has 0 bridgehead atoms. The summed E-state index contributed by atoms with van der Waals surface area (Å²) in [6, 6.07) is 0. The molecule has 0 radical (unpaired) electrons. The molecule has 0 spiro atoms. The van der Waals surface area contributed by atoms with Gasteiger partial charge in [0.2, 0.25) is 17.2 Å². The average Bonchev–Trinajstić information content (AvgIpc) is 2.48. The number of carbonyl (C=O) groups is 2. The Labute approximate surface area is 127 Å². The zero-order valence-electron chi connectivity index (χ0n) is 11.6. The van der Waals surface area contributed by atoms with Crippen molar-refractivity contribution in [3.05, 3.63) is 5.28 Å². The van der Waals surface area contributed by atoms with E-state index in [0.717, 1.165) is 0 Å². The summed E-state index contributed by atoms with van der Waals surface area (Å²) in [5, 5.41) is 0.142. The Balaban J connectivity index is 1.79. The fraction of sp³-hybridized carbons (Fsp3) is 0.615. The average molecular weight is 310 g/mol. The normalized spacial score (nSPS) is 20.0. The smallest absolute Gasteiger partial charge is 0.231 e. The molecule has 0 saturated carbocycles. The fourth-order valence-corrected chi connectivity index (χ4v) is 2.68. The SMILES string of the molecule is O=C1CCN(c2nc(Cl)nc(N3CCC(=O)CC3)n2)CC1. The highest BCUT2D eigenvalue weighted by molar-refractivity contribution is 6.28. The zero-order valence-corrected chi connectivity index (χ0v) is 12.3. The van der Waals surface area contributed by atoms with Gasteiger partial charge in [-0.05, 0) is 11.6 Å². The molecule has 0 aromatic carbocycles. The molecule has 0 aliphatic carbocycles. The van der Waals surface area contributed by atoms with Crippen LogP contribution in [0.4, 0.5) is 11.9 Å². The summed E-state index contributed by atoms with van der Waals surface area (Å²) in [5.74, 6) is 1.55. The van der Waals surface area contributed by atoms with Crippen molar-refractivity contribution in [3.63, 3.8) is 0 Å². The molecule has 2 saturated heterocycles. The summed E-state index contributed by atoms with van der Waals surface area (Å²) >= 11 is 6.00. The second kappa shape index (κ2) is 5.93. The predicted octanol–water partition coefficient (Wildman–Crippen LogP) is 0.864. The van der Waals surface area contributed by atoms with E-state index >= 15 is 0 Å². The number of ketones is 2. The number of hydrogen-bond acceptors (Lipinski definition) is 7. The summed E-state index contributed by atoms with van der Waals surface area (Å²) in [4.78, 5) is 39.3. The molecule has 2 fully saturated rings. The van der Waals surface area contributed by atoms with E-state index in [-0.39, 0.29) is 16.9 Å². The van der Waals surface area contributed by atoms with Crippen LogP contribution in [-0.4, -0.2) is 52.7 Å². The van der Waals surface area contributed by atoms with Gasteiger partial charge in [0.25, 0.3) is 0 Å². The van der Waals surface area contributed by atoms with Crippen LogP contribution in [0.3, 0.4) is 0 Å². The molecule has 1 aromatic rings. The first-order chi connectivity index (χ1) is 10.1. The highest BCUT2D eigenvalue weighted by Crippen LogP contribution is 2.21. The van der Waals surface area contributed by atoms with E-state index in [1.54, 1.807) is 0 Å². The standard InChI is InChI=1S/C13H16ClN5O2/c14-11-15-12(18-5-1-9(20)2-6-18)17-13(16-11)19-7-3-10(21)4-8-19/h1-8H2. The van der Waals surface area contributed by atoms with Crippen molar-refractivity contribution in [1.82, 2.24) is 15.0 Å². The third kappa shape index (κ3) is 3.29. The Bertz CT molecular complexity index is 513. The molecule has 7 nitrogen and oxygen atoms in total. The summed E-state index contributed by atoms with van der Waals surface area (Å²) in [5.41, 5.74) is 0. The van der Waals surface area contributed by atoms with Crippen LogP contribution in [0, 0.1) is 0 Å². The molecule has 3 rings (SSSR count). The van der Waals surface area contributed by atoms with Crippen molar-refractivity contribution in [3.8, 4) is 0 Å². The van der Waals surface area contributed by atoms with Crippen LogP contribution in [0.25, 0.3) is 0 Å². The van der Waals surface area contributed by atoms with Gasteiger partial charge in [-0.25, -0.2) is 0 Å². The van der Waals surface area contributed by atoms with Gasteiger partial charge in [0.05, 0.1) is 0 Å². The largest absolute Gasteiger partial charge is 0.340 e. The van der Waals surface area contributed by atoms with Crippen molar-refractivity contribution in [1.29, 1.82) is 0 Å². The van der Waals surface area contributed by atoms with Gasteiger partial charge < -0.3 is 9.80 Å². The van der Waals surface area contributed by atoms with E-state index in [9.17, 15) is 9.59 Å². The molecule has 0 unspecified atom stereocenters. The lowest BCUT2D eigenvalue weighted by molar-refractivity contribution is -0.120. The van der Waals surface area contributed by atoms with E-state index in [1.165, 1.54) is 0 Å². The predicted molar refractivity (Wildman–Crippen MR) is 77.7 cm³/mol. The molecule has 0 atom stereocenters. The van der Waals surface area contributed by atoms with Crippen LogP contribution in [0.2, 0.25) is 5.28 Å². The number of nitrogens with zero attached hydrogens (tertiary/aromatic N) is 5. The molecular formula is C13H16ClN5O2. The van der Waals surface area contributed by atoms with Gasteiger partial charge in [0.15, 0.2) is 0 Å². The number of carbonyl (C=O) groups excluding carboxylic acids is 2. The first-order valence-electron chi connectivity index (χ1n) is 7.07. The number of rotatable bonds is 2. The first kappa shape index (κ1) is 14.2. The van der Waals surface area contributed by atoms with Gasteiger partial charge in [-0.15, -0.1) is 0 Å².